The molecule has 0 heterocycles. The van der Waals surface area contributed by atoms with E-state index in [1.165, 1.54) is 18.2 Å². The van der Waals surface area contributed by atoms with Gasteiger partial charge in [-0.15, -0.1) is 0 Å². The number of hydrogen-bond acceptors (Lipinski definition) is 6. The molecule has 142 valence electrons. The Morgan fingerprint density at radius 3 is 1.60 bits per heavy atom. The van der Waals surface area contributed by atoms with E-state index in [0.29, 0.717) is 23.0 Å². The van der Waals surface area contributed by atoms with E-state index in [2.05, 4.69) is 0 Å². The zero-order valence-corrected chi connectivity index (χ0v) is 16.2. The highest BCUT2D eigenvalue weighted by molar-refractivity contribution is 5.55. The maximum absolute atomic E-state index is 9.22. The number of ether oxygens (including phenoxy) is 2. The van der Waals surface area contributed by atoms with Crippen LogP contribution in [0.3, 0.4) is 0 Å². The van der Waals surface area contributed by atoms with Gasteiger partial charge in [-0.2, -0.15) is 21.0 Å². The van der Waals surface area contributed by atoms with Crippen molar-refractivity contribution in [2.75, 3.05) is 0 Å². The van der Waals surface area contributed by atoms with Crippen LogP contribution in [0, 0.1) is 59.2 Å². The van der Waals surface area contributed by atoms with Crippen molar-refractivity contribution in [3.8, 4) is 47.3 Å². The average Bonchev–Trinajstić information content (AvgIpc) is 2.78. The summed E-state index contributed by atoms with van der Waals surface area (Å²) in [6.07, 6.45) is 0. The zero-order valence-electron chi connectivity index (χ0n) is 16.2. The van der Waals surface area contributed by atoms with E-state index in [0.717, 1.165) is 11.1 Å². The molecule has 0 N–H and O–H groups in total. The summed E-state index contributed by atoms with van der Waals surface area (Å²) < 4.78 is 11.9. The predicted octanol–water partition coefficient (Wildman–Crippen LogP) is 5.37. The molecule has 0 aromatic heterocycles. The summed E-state index contributed by atoms with van der Waals surface area (Å²) in [4.78, 5) is 0. The van der Waals surface area contributed by atoms with Crippen molar-refractivity contribution in [3.63, 3.8) is 0 Å². The quantitative estimate of drug-likeness (QED) is 0.591. The number of nitrogens with zero attached hydrogens (tertiary/aromatic N) is 4. The zero-order chi connectivity index (χ0) is 21.7. The van der Waals surface area contributed by atoms with E-state index in [9.17, 15) is 10.5 Å². The highest BCUT2D eigenvalue weighted by atomic mass is 16.5. The standard InChI is InChI=1S/C24H14N4O2/c1-15-3-8-23(29-21-6-4-17(11-25)19(9-21)13-27)16(2)24(15)30-22-7-5-18(12-26)20(10-22)14-28/h3-10H,1-2H3. The van der Waals surface area contributed by atoms with E-state index >= 15 is 0 Å². The molecule has 6 heteroatoms. The highest BCUT2D eigenvalue weighted by Gasteiger charge is 2.14. The van der Waals surface area contributed by atoms with Gasteiger partial charge < -0.3 is 9.47 Å². The molecule has 0 radical (unpaired) electrons. The predicted molar refractivity (Wildman–Crippen MR) is 108 cm³/mol. The van der Waals surface area contributed by atoms with Crippen molar-refractivity contribution in [1.82, 2.24) is 0 Å². The van der Waals surface area contributed by atoms with Crippen molar-refractivity contribution in [3.05, 3.63) is 81.9 Å². The molecule has 0 saturated carbocycles. The van der Waals surface area contributed by atoms with Gasteiger partial charge in [0.25, 0.3) is 0 Å². The van der Waals surface area contributed by atoms with E-state index in [1.54, 1.807) is 24.3 Å². The van der Waals surface area contributed by atoms with Crippen molar-refractivity contribution in [2.24, 2.45) is 0 Å². The minimum atomic E-state index is 0.234. The van der Waals surface area contributed by atoms with Gasteiger partial charge in [-0.25, -0.2) is 0 Å². The molecule has 6 nitrogen and oxygen atoms in total. The molecule has 0 aliphatic carbocycles. The number of nitriles is 4. The molecule has 3 aromatic rings. The first-order chi connectivity index (χ1) is 14.5. The summed E-state index contributed by atoms with van der Waals surface area (Å²) in [6.45, 7) is 3.72. The first-order valence-electron chi connectivity index (χ1n) is 8.85. The topological polar surface area (TPSA) is 114 Å². The summed E-state index contributed by atoms with van der Waals surface area (Å²) in [5.41, 5.74) is 2.62. The molecule has 0 bridgehead atoms. The number of aryl methyl sites for hydroxylation is 1. The Balaban J connectivity index is 1.96. The third-order valence-electron chi connectivity index (χ3n) is 4.46. The first-order valence-corrected chi connectivity index (χ1v) is 8.85. The van der Waals surface area contributed by atoms with Gasteiger partial charge in [0.05, 0.1) is 22.3 Å². The van der Waals surface area contributed by atoms with Gasteiger partial charge in [-0.05, 0) is 61.9 Å². The Morgan fingerprint density at radius 1 is 0.600 bits per heavy atom. The van der Waals surface area contributed by atoms with E-state index in [1.807, 2.05) is 44.2 Å². The summed E-state index contributed by atoms with van der Waals surface area (Å²) in [5.74, 6) is 1.95. The molecule has 0 unspecified atom stereocenters. The minimum Gasteiger partial charge on any atom is -0.457 e. The van der Waals surface area contributed by atoms with Gasteiger partial charge in [0.2, 0.25) is 0 Å². The Morgan fingerprint density at radius 2 is 1.10 bits per heavy atom. The van der Waals surface area contributed by atoms with E-state index in [-0.39, 0.29) is 22.3 Å². The molecule has 0 amide bonds. The van der Waals surface area contributed by atoms with Crippen LogP contribution in [0.2, 0.25) is 0 Å². The van der Waals surface area contributed by atoms with E-state index in [4.69, 9.17) is 20.0 Å². The number of hydrogen-bond donors (Lipinski definition) is 0. The van der Waals surface area contributed by atoms with Crippen LogP contribution in [-0.2, 0) is 0 Å². The van der Waals surface area contributed by atoms with E-state index < -0.39 is 0 Å². The molecule has 0 aliphatic heterocycles. The lowest BCUT2D eigenvalue weighted by atomic mass is 10.1. The lowest BCUT2D eigenvalue weighted by Crippen LogP contribution is -1.96. The molecule has 30 heavy (non-hydrogen) atoms. The van der Waals surface area contributed by atoms with Gasteiger partial charge in [0, 0.05) is 5.56 Å². The molecule has 0 saturated heterocycles. The van der Waals surface area contributed by atoms with Gasteiger partial charge in [0.1, 0.15) is 47.3 Å². The molecule has 0 atom stereocenters. The second kappa shape index (κ2) is 8.49. The molecule has 0 spiro atoms. The summed E-state index contributed by atoms with van der Waals surface area (Å²) in [5, 5.41) is 36.5. The largest absolute Gasteiger partial charge is 0.457 e. The van der Waals surface area contributed by atoms with Crippen LogP contribution in [0.25, 0.3) is 0 Å². The Kier molecular flexibility index (Phi) is 5.65. The normalized spacial score (nSPS) is 9.53. The smallest absolute Gasteiger partial charge is 0.136 e. The molecular weight excluding hydrogens is 376 g/mol. The summed E-state index contributed by atoms with van der Waals surface area (Å²) in [6, 6.07) is 20.9. The van der Waals surface area contributed by atoms with Crippen LogP contribution in [0.4, 0.5) is 0 Å². The van der Waals surface area contributed by atoms with Crippen molar-refractivity contribution in [1.29, 1.82) is 21.0 Å². The third-order valence-corrected chi connectivity index (χ3v) is 4.46. The third kappa shape index (κ3) is 3.90. The Bertz CT molecular complexity index is 1320. The second-order valence-electron chi connectivity index (χ2n) is 6.40. The van der Waals surface area contributed by atoms with Crippen molar-refractivity contribution in [2.45, 2.75) is 13.8 Å². The lowest BCUT2D eigenvalue weighted by molar-refractivity contribution is 0.451. The Hall–Kier alpha value is -4.78. The molecule has 0 fully saturated rings. The van der Waals surface area contributed by atoms with Crippen LogP contribution in [-0.4, -0.2) is 0 Å². The molecule has 3 aromatic carbocycles. The number of benzene rings is 3. The van der Waals surface area contributed by atoms with Gasteiger partial charge >= 0.3 is 0 Å². The SMILES string of the molecule is Cc1ccc(Oc2ccc(C#N)c(C#N)c2)c(C)c1Oc1ccc(C#N)c(C#N)c1. The monoisotopic (exact) mass is 390 g/mol. The highest BCUT2D eigenvalue weighted by Crippen LogP contribution is 2.37. The summed E-state index contributed by atoms with van der Waals surface area (Å²) in [7, 11) is 0. The van der Waals surface area contributed by atoms with Crippen LogP contribution in [0.5, 0.6) is 23.0 Å². The molecular formula is C24H14N4O2. The number of rotatable bonds is 4. The molecule has 0 aliphatic rings. The average molecular weight is 390 g/mol. The van der Waals surface area contributed by atoms with Gasteiger partial charge in [-0.3, -0.25) is 0 Å². The van der Waals surface area contributed by atoms with Crippen LogP contribution in [0.15, 0.2) is 48.5 Å². The van der Waals surface area contributed by atoms with Crippen LogP contribution >= 0.6 is 0 Å². The maximum Gasteiger partial charge on any atom is 0.136 e. The lowest BCUT2D eigenvalue weighted by Gasteiger charge is -2.16. The van der Waals surface area contributed by atoms with Crippen LogP contribution < -0.4 is 9.47 Å². The maximum atomic E-state index is 9.22. The summed E-state index contributed by atoms with van der Waals surface area (Å²) >= 11 is 0. The molecule has 3 rings (SSSR count). The Labute approximate surface area is 174 Å². The minimum absolute atomic E-state index is 0.234. The fraction of sp³-hybridized carbons (Fsp3) is 0.0833. The van der Waals surface area contributed by atoms with Gasteiger partial charge in [-0.1, -0.05) is 6.07 Å². The van der Waals surface area contributed by atoms with Gasteiger partial charge in [0.15, 0.2) is 0 Å². The van der Waals surface area contributed by atoms with Crippen molar-refractivity contribution >= 4 is 0 Å². The van der Waals surface area contributed by atoms with Crippen molar-refractivity contribution < 1.29 is 9.47 Å². The fourth-order valence-electron chi connectivity index (χ4n) is 2.88. The first kappa shape index (κ1) is 20.0. The second-order valence-corrected chi connectivity index (χ2v) is 6.40. The fourth-order valence-corrected chi connectivity index (χ4v) is 2.88. The van der Waals surface area contributed by atoms with Crippen LogP contribution in [0.1, 0.15) is 33.4 Å².